The van der Waals surface area contributed by atoms with Crippen LogP contribution in [0.25, 0.3) is 0 Å². The second kappa shape index (κ2) is 9.44. The van der Waals surface area contributed by atoms with Crippen LogP contribution in [0.5, 0.6) is 0 Å². The number of furan rings is 1. The molecular weight excluding hydrogens is 248 g/mol. The van der Waals surface area contributed by atoms with Crippen molar-refractivity contribution in [3.63, 3.8) is 0 Å². The maximum atomic E-state index is 5.65. The van der Waals surface area contributed by atoms with E-state index in [1.165, 1.54) is 0 Å². The lowest BCUT2D eigenvalue weighted by Gasteiger charge is -2.09. The number of thioether (sulfide) groups is 1. The van der Waals surface area contributed by atoms with Crippen LogP contribution in [0.3, 0.4) is 0 Å². The average molecular weight is 272 g/mol. The summed E-state index contributed by atoms with van der Waals surface area (Å²) in [5.41, 5.74) is 0. The predicted molar refractivity (Wildman–Crippen MR) is 77.0 cm³/mol. The third-order valence-corrected chi connectivity index (χ3v) is 2.98. The third-order valence-electron chi connectivity index (χ3n) is 2.41. The van der Waals surface area contributed by atoms with E-state index in [9.17, 15) is 0 Å². The van der Waals surface area contributed by atoms with Gasteiger partial charge in [0, 0.05) is 13.1 Å². The summed E-state index contributed by atoms with van der Waals surface area (Å²) in [7, 11) is 4.09. The van der Waals surface area contributed by atoms with Gasteiger partial charge >= 0.3 is 0 Å². The van der Waals surface area contributed by atoms with Gasteiger partial charge < -0.3 is 19.4 Å². The molecule has 0 amide bonds. The minimum atomic E-state index is 0.742. The maximum Gasteiger partial charge on any atom is 0.118 e. The first-order chi connectivity index (χ1) is 8.72. The van der Waals surface area contributed by atoms with E-state index in [1.54, 1.807) is 11.8 Å². The number of nitrogens with one attached hydrogen (secondary N) is 1. The SMILES string of the molecule is CSCc1ccc(CNCCOCCN(C)C)o1. The molecule has 0 saturated carbocycles. The van der Waals surface area contributed by atoms with E-state index in [4.69, 9.17) is 9.15 Å². The Morgan fingerprint density at radius 3 is 2.78 bits per heavy atom. The maximum absolute atomic E-state index is 5.65. The van der Waals surface area contributed by atoms with Crippen LogP contribution < -0.4 is 5.32 Å². The van der Waals surface area contributed by atoms with Crippen molar-refractivity contribution in [3.8, 4) is 0 Å². The molecule has 0 radical (unpaired) electrons. The smallest absolute Gasteiger partial charge is 0.118 e. The summed E-state index contributed by atoms with van der Waals surface area (Å²) in [4.78, 5) is 2.11. The molecule has 1 heterocycles. The van der Waals surface area contributed by atoms with Crippen LogP contribution in [0.15, 0.2) is 16.5 Å². The molecule has 5 heteroatoms. The fourth-order valence-electron chi connectivity index (χ4n) is 1.44. The van der Waals surface area contributed by atoms with Crippen molar-refractivity contribution in [1.29, 1.82) is 0 Å². The quantitative estimate of drug-likeness (QED) is 0.658. The highest BCUT2D eigenvalue weighted by atomic mass is 32.2. The van der Waals surface area contributed by atoms with Gasteiger partial charge in [0.1, 0.15) is 11.5 Å². The van der Waals surface area contributed by atoms with E-state index in [0.29, 0.717) is 0 Å². The lowest BCUT2D eigenvalue weighted by atomic mass is 10.4. The number of ether oxygens (including phenoxy) is 1. The van der Waals surface area contributed by atoms with Gasteiger partial charge in [0.15, 0.2) is 0 Å². The van der Waals surface area contributed by atoms with Gasteiger partial charge in [-0.3, -0.25) is 0 Å². The van der Waals surface area contributed by atoms with Crippen LogP contribution >= 0.6 is 11.8 Å². The molecule has 0 aromatic carbocycles. The Morgan fingerprint density at radius 2 is 2.06 bits per heavy atom. The van der Waals surface area contributed by atoms with Gasteiger partial charge in [0.2, 0.25) is 0 Å². The lowest BCUT2D eigenvalue weighted by Crippen LogP contribution is -2.22. The van der Waals surface area contributed by atoms with E-state index in [0.717, 1.165) is 50.1 Å². The zero-order valence-electron chi connectivity index (χ0n) is 11.6. The monoisotopic (exact) mass is 272 g/mol. The molecule has 18 heavy (non-hydrogen) atoms. The number of rotatable bonds is 10. The van der Waals surface area contributed by atoms with Crippen LogP contribution in [0.4, 0.5) is 0 Å². The molecule has 1 rings (SSSR count). The van der Waals surface area contributed by atoms with Gasteiger partial charge in [-0.1, -0.05) is 0 Å². The van der Waals surface area contributed by atoms with Crippen LogP contribution in [0.1, 0.15) is 11.5 Å². The number of hydrogen-bond acceptors (Lipinski definition) is 5. The lowest BCUT2D eigenvalue weighted by molar-refractivity contribution is 0.119. The molecule has 0 unspecified atom stereocenters. The fraction of sp³-hybridized carbons (Fsp3) is 0.692. The molecule has 104 valence electrons. The molecule has 0 aliphatic carbocycles. The highest BCUT2D eigenvalue weighted by Gasteiger charge is 2.00. The van der Waals surface area contributed by atoms with Crippen molar-refractivity contribution in [1.82, 2.24) is 10.2 Å². The molecule has 1 aromatic rings. The summed E-state index contributed by atoms with van der Waals surface area (Å²) >= 11 is 1.77. The first kappa shape index (κ1) is 15.6. The summed E-state index contributed by atoms with van der Waals surface area (Å²) in [5.74, 6) is 2.97. The second-order valence-electron chi connectivity index (χ2n) is 4.39. The zero-order valence-corrected chi connectivity index (χ0v) is 12.4. The Balaban J connectivity index is 2.00. The molecule has 0 spiro atoms. The first-order valence-electron chi connectivity index (χ1n) is 6.22. The van der Waals surface area contributed by atoms with Crippen molar-refractivity contribution < 1.29 is 9.15 Å². The summed E-state index contributed by atoms with van der Waals surface area (Å²) in [6, 6.07) is 4.08. The van der Waals surface area contributed by atoms with Crippen molar-refractivity contribution in [2.45, 2.75) is 12.3 Å². The Morgan fingerprint density at radius 1 is 1.28 bits per heavy atom. The Labute approximate surface area is 114 Å². The number of likely N-dealkylation sites (N-methyl/N-ethyl adjacent to an activating group) is 1. The van der Waals surface area contributed by atoms with Gasteiger partial charge in [-0.25, -0.2) is 0 Å². The Kier molecular flexibility index (Phi) is 8.17. The summed E-state index contributed by atoms with van der Waals surface area (Å²) < 4.78 is 11.1. The fourth-order valence-corrected chi connectivity index (χ4v) is 1.88. The van der Waals surface area contributed by atoms with Gasteiger partial charge in [0.25, 0.3) is 0 Å². The average Bonchev–Trinajstić information content (AvgIpc) is 2.76. The Bertz CT molecular complexity index is 316. The molecule has 0 bridgehead atoms. The molecular formula is C13H24N2O2S. The third kappa shape index (κ3) is 7.06. The van der Waals surface area contributed by atoms with Gasteiger partial charge in [0.05, 0.1) is 25.5 Å². The van der Waals surface area contributed by atoms with E-state index < -0.39 is 0 Å². The van der Waals surface area contributed by atoms with Crippen molar-refractivity contribution >= 4 is 11.8 Å². The van der Waals surface area contributed by atoms with Gasteiger partial charge in [-0.15, -0.1) is 0 Å². The van der Waals surface area contributed by atoms with Crippen LogP contribution in [0.2, 0.25) is 0 Å². The number of nitrogens with zero attached hydrogens (tertiary/aromatic N) is 1. The molecule has 0 saturated heterocycles. The second-order valence-corrected chi connectivity index (χ2v) is 5.26. The molecule has 0 atom stereocenters. The molecule has 0 aliphatic heterocycles. The molecule has 0 aliphatic rings. The molecule has 1 aromatic heterocycles. The van der Waals surface area contributed by atoms with E-state index in [2.05, 4.69) is 16.5 Å². The summed E-state index contributed by atoms with van der Waals surface area (Å²) in [6.07, 6.45) is 2.07. The highest BCUT2D eigenvalue weighted by Crippen LogP contribution is 2.12. The largest absolute Gasteiger partial charge is 0.464 e. The predicted octanol–water partition coefficient (Wildman–Crippen LogP) is 1.81. The van der Waals surface area contributed by atoms with E-state index in [-0.39, 0.29) is 0 Å². The van der Waals surface area contributed by atoms with E-state index >= 15 is 0 Å². The van der Waals surface area contributed by atoms with Gasteiger partial charge in [-0.05, 0) is 32.5 Å². The van der Waals surface area contributed by atoms with Gasteiger partial charge in [-0.2, -0.15) is 11.8 Å². The summed E-state index contributed by atoms with van der Waals surface area (Å²) in [6.45, 7) is 4.12. The zero-order chi connectivity index (χ0) is 13.2. The molecule has 1 N–H and O–H groups in total. The standard InChI is InChI=1S/C13H24N2O2S/c1-15(2)7-9-16-8-6-14-10-12-4-5-13(17-12)11-18-3/h4-5,14H,6-11H2,1-3H3. The summed E-state index contributed by atoms with van der Waals surface area (Å²) in [5, 5.41) is 3.31. The Hall–Kier alpha value is -0.490. The molecule has 0 fully saturated rings. The minimum Gasteiger partial charge on any atom is -0.464 e. The minimum absolute atomic E-state index is 0.742. The van der Waals surface area contributed by atoms with Crippen molar-refractivity contribution in [2.75, 3.05) is 46.7 Å². The van der Waals surface area contributed by atoms with Crippen molar-refractivity contribution in [2.24, 2.45) is 0 Å². The van der Waals surface area contributed by atoms with E-state index in [1.807, 2.05) is 26.2 Å². The first-order valence-corrected chi connectivity index (χ1v) is 7.61. The normalized spacial score (nSPS) is 11.3. The molecule has 4 nitrogen and oxygen atoms in total. The topological polar surface area (TPSA) is 37.6 Å². The highest BCUT2D eigenvalue weighted by molar-refractivity contribution is 7.97. The van der Waals surface area contributed by atoms with Crippen molar-refractivity contribution in [3.05, 3.63) is 23.7 Å². The van der Waals surface area contributed by atoms with Crippen LogP contribution in [-0.2, 0) is 17.0 Å². The van der Waals surface area contributed by atoms with Crippen LogP contribution in [0, 0.1) is 0 Å². The number of hydrogen-bond donors (Lipinski definition) is 1. The van der Waals surface area contributed by atoms with Crippen LogP contribution in [-0.4, -0.2) is 51.6 Å².